The van der Waals surface area contributed by atoms with Crippen LogP contribution >= 0.6 is 0 Å². The van der Waals surface area contributed by atoms with Gasteiger partial charge in [-0.2, -0.15) is 10.4 Å². The summed E-state index contributed by atoms with van der Waals surface area (Å²) >= 11 is 0. The molecule has 1 aliphatic rings. The number of nitrogens with zero attached hydrogens (tertiary/aromatic N) is 4. The number of β-amino-alcohol motifs (C(OH)–C–C–N with tert-alkyl or cyclic N) is 1. The Morgan fingerprint density at radius 2 is 2.38 bits per heavy atom. The van der Waals surface area contributed by atoms with E-state index in [1.165, 1.54) is 6.20 Å². The second-order valence-corrected chi connectivity index (χ2v) is 4.21. The predicted octanol–water partition coefficient (Wildman–Crippen LogP) is 0.699. The number of nitriles is 1. The van der Waals surface area contributed by atoms with Crippen LogP contribution in [-0.2, 0) is 0 Å². The van der Waals surface area contributed by atoms with Gasteiger partial charge in [0.15, 0.2) is 5.82 Å². The third kappa shape index (κ3) is 1.84. The number of rotatable bonds is 3. The summed E-state index contributed by atoms with van der Waals surface area (Å²) in [5, 5.41) is 26.7. The highest BCUT2D eigenvalue weighted by atomic mass is 16.3. The number of hydrogen-bond acceptors (Lipinski definition) is 5. The fourth-order valence-corrected chi connectivity index (χ4v) is 2.08. The van der Waals surface area contributed by atoms with Crippen LogP contribution in [0.5, 0.6) is 0 Å². The second kappa shape index (κ2) is 4.06. The summed E-state index contributed by atoms with van der Waals surface area (Å²) in [6, 6.07) is 3.72. The Hall–Kier alpha value is -1.67. The third-order valence-corrected chi connectivity index (χ3v) is 2.81. The molecule has 2 rings (SSSR count). The summed E-state index contributed by atoms with van der Waals surface area (Å²) < 4.78 is 0. The molecule has 1 aromatic heterocycles. The molecule has 16 heavy (non-hydrogen) atoms. The van der Waals surface area contributed by atoms with Gasteiger partial charge in [0, 0.05) is 0 Å². The zero-order chi connectivity index (χ0) is 11.6. The second-order valence-electron chi connectivity index (χ2n) is 4.21. The van der Waals surface area contributed by atoms with E-state index < -0.39 is 5.60 Å². The van der Waals surface area contributed by atoms with E-state index in [0.29, 0.717) is 24.5 Å². The van der Waals surface area contributed by atoms with Gasteiger partial charge >= 0.3 is 0 Å². The Labute approximate surface area is 94.3 Å². The molecule has 5 heteroatoms. The monoisotopic (exact) mass is 218 g/mol. The predicted molar refractivity (Wildman–Crippen MR) is 58.8 cm³/mol. The molecule has 0 radical (unpaired) electrons. The van der Waals surface area contributed by atoms with Crippen LogP contribution in [0.25, 0.3) is 0 Å². The van der Waals surface area contributed by atoms with Crippen molar-refractivity contribution in [3.05, 3.63) is 17.8 Å². The highest BCUT2D eigenvalue weighted by molar-refractivity contribution is 5.55. The summed E-state index contributed by atoms with van der Waals surface area (Å²) in [4.78, 5) is 1.89. The number of aliphatic hydroxyl groups is 1. The Balaban J connectivity index is 2.10. The lowest BCUT2D eigenvalue weighted by molar-refractivity contribution is 0.00283. The summed E-state index contributed by atoms with van der Waals surface area (Å²) in [7, 11) is 0. The maximum absolute atomic E-state index is 10.0. The van der Waals surface area contributed by atoms with Gasteiger partial charge in [0.05, 0.1) is 30.5 Å². The zero-order valence-corrected chi connectivity index (χ0v) is 9.22. The van der Waals surface area contributed by atoms with Crippen molar-refractivity contribution in [1.29, 1.82) is 5.26 Å². The van der Waals surface area contributed by atoms with E-state index in [-0.39, 0.29) is 0 Å². The summed E-state index contributed by atoms with van der Waals surface area (Å²) in [5.74, 6) is 0.575. The number of aromatic nitrogens is 2. The highest BCUT2D eigenvalue weighted by Gasteiger charge is 2.41. The fourth-order valence-electron chi connectivity index (χ4n) is 2.08. The maximum atomic E-state index is 10.0. The van der Waals surface area contributed by atoms with Gasteiger partial charge in [-0.25, -0.2) is 0 Å². The van der Waals surface area contributed by atoms with Crippen molar-refractivity contribution >= 4 is 5.82 Å². The van der Waals surface area contributed by atoms with Crippen molar-refractivity contribution in [2.75, 3.05) is 18.0 Å². The van der Waals surface area contributed by atoms with Gasteiger partial charge in [-0.05, 0) is 12.5 Å². The first-order valence-electron chi connectivity index (χ1n) is 5.37. The smallest absolute Gasteiger partial charge is 0.169 e. The van der Waals surface area contributed by atoms with Crippen LogP contribution in [0.15, 0.2) is 12.3 Å². The van der Waals surface area contributed by atoms with Gasteiger partial charge in [0.2, 0.25) is 0 Å². The normalized spacial score (nSPS) is 17.7. The van der Waals surface area contributed by atoms with E-state index >= 15 is 0 Å². The molecule has 1 fully saturated rings. The minimum atomic E-state index is -0.612. The molecular formula is C11H14N4O. The molecule has 1 aliphatic heterocycles. The SMILES string of the molecule is CCCC1(O)CN(c2nnccc2C#N)C1. The van der Waals surface area contributed by atoms with Crippen LogP contribution < -0.4 is 4.90 Å². The average molecular weight is 218 g/mol. The molecule has 0 bridgehead atoms. The van der Waals surface area contributed by atoms with Crippen molar-refractivity contribution in [3.63, 3.8) is 0 Å². The lowest BCUT2D eigenvalue weighted by atomic mass is 9.89. The highest BCUT2D eigenvalue weighted by Crippen LogP contribution is 2.30. The minimum absolute atomic E-state index is 0.508. The van der Waals surface area contributed by atoms with E-state index in [0.717, 1.165) is 12.8 Å². The Morgan fingerprint density at radius 1 is 1.62 bits per heavy atom. The molecule has 1 saturated heterocycles. The van der Waals surface area contributed by atoms with Crippen LogP contribution in [0.2, 0.25) is 0 Å². The van der Waals surface area contributed by atoms with Crippen molar-refractivity contribution in [3.8, 4) is 6.07 Å². The third-order valence-electron chi connectivity index (χ3n) is 2.81. The van der Waals surface area contributed by atoms with Crippen molar-refractivity contribution in [2.24, 2.45) is 0 Å². The van der Waals surface area contributed by atoms with Crippen LogP contribution in [-0.4, -0.2) is 34.0 Å². The molecule has 0 aliphatic carbocycles. The van der Waals surface area contributed by atoms with Gasteiger partial charge in [0.25, 0.3) is 0 Å². The van der Waals surface area contributed by atoms with Gasteiger partial charge < -0.3 is 10.0 Å². The van der Waals surface area contributed by atoms with Gasteiger partial charge in [-0.15, -0.1) is 5.10 Å². The molecule has 0 unspecified atom stereocenters. The first-order valence-corrected chi connectivity index (χ1v) is 5.37. The van der Waals surface area contributed by atoms with Crippen LogP contribution in [0.4, 0.5) is 5.82 Å². The molecule has 84 valence electrons. The van der Waals surface area contributed by atoms with E-state index in [1.54, 1.807) is 6.07 Å². The summed E-state index contributed by atoms with van der Waals surface area (Å²) in [5.41, 5.74) is -0.104. The summed E-state index contributed by atoms with van der Waals surface area (Å²) in [6.45, 7) is 3.12. The molecule has 2 heterocycles. The average Bonchev–Trinajstić information content (AvgIpc) is 2.26. The Morgan fingerprint density at radius 3 is 3.00 bits per heavy atom. The number of anilines is 1. The van der Waals surface area contributed by atoms with Gasteiger partial charge in [-0.1, -0.05) is 13.3 Å². The Bertz CT molecular complexity index is 420. The van der Waals surface area contributed by atoms with Crippen LogP contribution in [0.3, 0.4) is 0 Å². The molecule has 0 aromatic carbocycles. The van der Waals surface area contributed by atoms with Gasteiger partial charge in [0.1, 0.15) is 6.07 Å². The van der Waals surface area contributed by atoms with Crippen molar-refractivity contribution < 1.29 is 5.11 Å². The number of hydrogen-bond donors (Lipinski definition) is 1. The largest absolute Gasteiger partial charge is 0.386 e. The van der Waals surface area contributed by atoms with E-state index in [2.05, 4.69) is 16.3 Å². The molecule has 1 N–H and O–H groups in total. The van der Waals surface area contributed by atoms with E-state index in [4.69, 9.17) is 5.26 Å². The molecular weight excluding hydrogens is 204 g/mol. The molecule has 0 atom stereocenters. The Kier molecular flexibility index (Phi) is 2.75. The summed E-state index contributed by atoms with van der Waals surface area (Å²) in [6.07, 6.45) is 3.24. The van der Waals surface area contributed by atoms with E-state index in [9.17, 15) is 5.11 Å². The minimum Gasteiger partial charge on any atom is -0.386 e. The van der Waals surface area contributed by atoms with E-state index in [1.807, 2.05) is 11.8 Å². The fraction of sp³-hybridized carbons (Fsp3) is 0.545. The van der Waals surface area contributed by atoms with Crippen molar-refractivity contribution in [2.45, 2.75) is 25.4 Å². The molecule has 0 spiro atoms. The zero-order valence-electron chi connectivity index (χ0n) is 9.22. The van der Waals surface area contributed by atoms with Crippen LogP contribution in [0, 0.1) is 11.3 Å². The van der Waals surface area contributed by atoms with Gasteiger partial charge in [-0.3, -0.25) is 0 Å². The van der Waals surface area contributed by atoms with Crippen LogP contribution in [0.1, 0.15) is 25.3 Å². The molecule has 0 amide bonds. The maximum Gasteiger partial charge on any atom is 0.169 e. The first-order chi connectivity index (χ1) is 7.68. The molecule has 1 aromatic rings. The lowest BCUT2D eigenvalue weighted by Gasteiger charge is -2.47. The standard InChI is InChI=1S/C11H14N4O/c1-2-4-11(16)7-15(8-11)10-9(6-12)3-5-13-14-10/h3,5,16H,2,4,7-8H2,1H3. The lowest BCUT2D eigenvalue weighted by Crippen LogP contribution is -2.62. The quantitative estimate of drug-likeness (QED) is 0.808. The molecule has 5 nitrogen and oxygen atoms in total. The first kappa shape index (κ1) is 10.8. The topological polar surface area (TPSA) is 73.0 Å². The molecule has 0 saturated carbocycles. The van der Waals surface area contributed by atoms with Crippen molar-refractivity contribution in [1.82, 2.24) is 10.2 Å².